The van der Waals surface area contributed by atoms with Crippen LogP contribution in [0.5, 0.6) is 0 Å². The Morgan fingerprint density at radius 2 is 1.95 bits per heavy atom. The van der Waals surface area contributed by atoms with Crippen molar-refractivity contribution in [2.75, 3.05) is 5.73 Å². The van der Waals surface area contributed by atoms with Gasteiger partial charge in [-0.1, -0.05) is 35.9 Å². The molecule has 0 saturated carbocycles. The first-order valence-electron chi connectivity index (χ1n) is 6.33. The van der Waals surface area contributed by atoms with Crippen molar-refractivity contribution in [3.8, 4) is 0 Å². The van der Waals surface area contributed by atoms with E-state index in [9.17, 15) is 4.79 Å². The fourth-order valence-electron chi connectivity index (χ4n) is 1.89. The number of hydrogen-bond donors (Lipinski definition) is 2. The molecular weight excluding hydrogens is 250 g/mol. The smallest absolute Gasteiger partial charge is 0.273 e. The number of anilines is 1. The predicted molar refractivity (Wildman–Crippen MR) is 81.8 cm³/mol. The van der Waals surface area contributed by atoms with Crippen LogP contribution in [0.4, 0.5) is 5.69 Å². The van der Waals surface area contributed by atoms with Gasteiger partial charge in [-0.3, -0.25) is 4.79 Å². The summed E-state index contributed by atoms with van der Waals surface area (Å²) in [7, 11) is 0. The first-order valence-corrected chi connectivity index (χ1v) is 6.33. The zero-order chi connectivity index (χ0) is 14.5. The Hall–Kier alpha value is -2.62. The van der Waals surface area contributed by atoms with E-state index in [4.69, 9.17) is 5.73 Å². The number of carbonyl (C=O) groups excluding carboxylic acids is 1. The van der Waals surface area contributed by atoms with Crippen molar-refractivity contribution in [2.24, 2.45) is 5.10 Å². The summed E-state index contributed by atoms with van der Waals surface area (Å²) < 4.78 is 0. The number of para-hydroxylation sites is 1. The van der Waals surface area contributed by atoms with E-state index < -0.39 is 0 Å². The van der Waals surface area contributed by atoms with E-state index in [0.717, 1.165) is 11.1 Å². The highest BCUT2D eigenvalue weighted by molar-refractivity contribution is 5.99. The molecule has 0 spiro atoms. The molecular formula is C16H17N3O. The molecule has 2 aromatic rings. The Bertz CT molecular complexity index is 663. The minimum absolute atomic E-state index is 0.316. The predicted octanol–water partition coefficient (Wildman–Crippen LogP) is 2.65. The first kappa shape index (κ1) is 13.8. The van der Waals surface area contributed by atoms with Gasteiger partial charge >= 0.3 is 0 Å². The molecule has 0 saturated heterocycles. The average molecular weight is 267 g/mol. The standard InChI is InChI=1S/C16H17N3O/c1-11-7-8-13(12(2)9-11)10-18-19-16(20)14-5-3-4-6-15(14)17/h3-10H,17H2,1-2H3,(H,19,20)/b18-10+. The van der Waals surface area contributed by atoms with Gasteiger partial charge in [-0.25, -0.2) is 5.43 Å². The van der Waals surface area contributed by atoms with Gasteiger partial charge in [0.1, 0.15) is 0 Å². The van der Waals surface area contributed by atoms with E-state index in [1.165, 1.54) is 5.56 Å². The van der Waals surface area contributed by atoms with Crippen LogP contribution in [-0.2, 0) is 0 Å². The maximum atomic E-state index is 11.9. The van der Waals surface area contributed by atoms with Gasteiger partial charge in [0.25, 0.3) is 5.91 Å². The van der Waals surface area contributed by atoms with Crippen LogP contribution in [0.3, 0.4) is 0 Å². The molecule has 3 N–H and O–H groups in total. The molecule has 0 aliphatic carbocycles. The molecule has 0 bridgehead atoms. The number of amides is 1. The topological polar surface area (TPSA) is 67.5 Å². The number of nitrogens with one attached hydrogen (secondary N) is 1. The van der Waals surface area contributed by atoms with E-state index in [2.05, 4.69) is 16.6 Å². The monoisotopic (exact) mass is 267 g/mol. The van der Waals surface area contributed by atoms with Crippen LogP contribution < -0.4 is 11.2 Å². The maximum Gasteiger partial charge on any atom is 0.273 e. The Balaban J connectivity index is 2.07. The second-order valence-corrected chi connectivity index (χ2v) is 4.65. The van der Waals surface area contributed by atoms with Crippen molar-refractivity contribution >= 4 is 17.8 Å². The summed E-state index contributed by atoms with van der Waals surface area (Å²) in [6.45, 7) is 4.04. The zero-order valence-electron chi connectivity index (χ0n) is 11.6. The number of rotatable bonds is 3. The van der Waals surface area contributed by atoms with Gasteiger partial charge < -0.3 is 5.73 Å². The van der Waals surface area contributed by atoms with Crippen LogP contribution in [0.15, 0.2) is 47.6 Å². The van der Waals surface area contributed by atoms with Crippen LogP contribution in [0.1, 0.15) is 27.0 Å². The molecule has 2 rings (SSSR count). The number of nitrogen functional groups attached to an aromatic ring is 1. The molecule has 0 heterocycles. The van der Waals surface area contributed by atoms with Gasteiger partial charge in [0.2, 0.25) is 0 Å². The third-order valence-corrected chi connectivity index (χ3v) is 3.00. The average Bonchev–Trinajstić information content (AvgIpc) is 2.41. The Labute approximate surface area is 118 Å². The lowest BCUT2D eigenvalue weighted by Crippen LogP contribution is -2.19. The zero-order valence-corrected chi connectivity index (χ0v) is 11.6. The SMILES string of the molecule is Cc1ccc(/C=N/NC(=O)c2ccccc2N)c(C)c1. The highest BCUT2D eigenvalue weighted by Gasteiger charge is 2.06. The number of hydrazone groups is 1. The molecule has 4 heteroatoms. The van der Waals surface area contributed by atoms with Crippen LogP contribution >= 0.6 is 0 Å². The van der Waals surface area contributed by atoms with E-state index >= 15 is 0 Å². The second-order valence-electron chi connectivity index (χ2n) is 4.65. The lowest BCUT2D eigenvalue weighted by Gasteiger charge is -2.04. The highest BCUT2D eigenvalue weighted by atomic mass is 16.2. The van der Waals surface area contributed by atoms with Crippen molar-refractivity contribution < 1.29 is 4.79 Å². The molecule has 0 radical (unpaired) electrons. The number of nitrogens with two attached hydrogens (primary N) is 1. The van der Waals surface area contributed by atoms with Crippen LogP contribution in [0.25, 0.3) is 0 Å². The van der Waals surface area contributed by atoms with E-state index in [1.807, 2.05) is 26.0 Å². The normalized spacial score (nSPS) is 10.7. The van der Waals surface area contributed by atoms with E-state index in [0.29, 0.717) is 11.3 Å². The van der Waals surface area contributed by atoms with Crippen molar-refractivity contribution in [1.82, 2.24) is 5.43 Å². The van der Waals surface area contributed by atoms with E-state index in [-0.39, 0.29) is 5.91 Å². The van der Waals surface area contributed by atoms with Gasteiger partial charge in [-0.15, -0.1) is 0 Å². The summed E-state index contributed by atoms with van der Waals surface area (Å²) in [5, 5.41) is 3.97. The van der Waals surface area contributed by atoms with Gasteiger partial charge in [0.15, 0.2) is 0 Å². The third kappa shape index (κ3) is 3.23. The van der Waals surface area contributed by atoms with E-state index in [1.54, 1.807) is 30.5 Å². The van der Waals surface area contributed by atoms with Crippen LogP contribution in [0.2, 0.25) is 0 Å². The number of carbonyl (C=O) groups is 1. The summed E-state index contributed by atoms with van der Waals surface area (Å²) in [5.74, 6) is -0.316. The fraction of sp³-hybridized carbons (Fsp3) is 0.125. The molecule has 102 valence electrons. The fourth-order valence-corrected chi connectivity index (χ4v) is 1.89. The maximum absolute atomic E-state index is 11.9. The Kier molecular flexibility index (Phi) is 4.15. The molecule has 0 fully saturated rings. The first-order chi connectivity index (χ1) is 9.58. The summed E-state index contributed by atoms with van der Waals surface area (Å²) in [5.41, 5.74) is 12.3. The molecule has 0 atom stereocenters. The number of benzene rings is 2. The van der Waals surface area contributed by atoms with Crippen LogP contribution in [-0.4, -0.2) is 12.1 Å². The Morgan fingerprint density at radius 1 is 1.20 bits per heavy atom. The Morgan fingerprint density at radius 3 is 2.65 bits per heavy atom. The van der Waals surface area contributed by atoms with Crippen molar-refractivity contribution in [2.45, 2.75) is 13.8 Å². The van der Waals surface area contributed by atoms with Crippen molar-refractivity contribution in [1.29, 1.82) is 0 Å². The quantitative estimate of drug-likeness (QED) is 0.510. The molecule has 2 aromatic carbocycles. The molecule has 4 nitrogen and oxygen atoms in total. The number of nitrogens with zero attached hydrogens (tertiary/aromatic N) is 1. The summed E-state index contributed by atoms with van der Waals surface area (Å²) >= 11 is 0. The van der Waals surface area contributed by atoms with Gasteiger partial charge in [0, 0.05) is 5.69 Å². The van der Waals surface area contributed by atoms with Crippen molar-refractivity contribution in [3.63, 3.8) is 0 Å². The second kappa shape index (κ2) is 6.02. The summed E-state index contributed by atoms with van der Waals surface area (Å²) in [4.78, 5) is 11.9. The van der Waals surface area contributed by atoms with Gasteiger partial charge in [-0.05, 0) is 37.1 Å². The highest BCUT2D eigenvalue weighted by Crippen LogP contribution is 2.10. The summed E-state index contributed by atoms with van der Waals surface area (Å²) in [6, 6.07) is 12.9. The summed E-state index contributed by atoms with van der Waals surface area (Å²) in [6.07, 6.45) is 1.63. The van der Waals surface area contributed by atoms with Crippen molar-refractivity contribution in [3.05, 3.63) is 64.7 Å². The van der Waals surface area contributed by atoms with Gasteiger partial charge in [-0.2, -0.15) is 5.10 Å². The van der Waals surface area contributed by atoms with Crippen LogP contribution in [0, 0.1) is 13.8 Å². The molecule has 0 aliphatic rings. The molecule has 0 unspecified atom stereocenters. The molecule has 20 heavy (non-hydrogen) atoms. The largest absolute Gasteiger partial charge is 0.398 e. The molecule has 0 aromatic heterocycles. The minimum Gasteiger partial charge on any atom is -0.398 e. The lowest BCUT2D eigenvalue weighted by atomic mass is 10.1. The molecule has 1 amide bonds. The van der Waals surface area contributed by atoms with Gasteiger partial charge in [0.05, 0.1) is 11.8 Å². The minimum atomic E-state index is -0.316. The number of aryl methyl sites for hydroxylation is 2. The lowest BCUT2D eigenvalue weighted by molar-refractivity contribution is 0.0956. The number of hydrogen-bond acceptors (Lipinski definition) is 3. The molecule has 0 aliphatic heterocycles. The third-order valence-electron chi connectivity index (χ3n) is 3.00.